The van der Waals surface area contributed by atoms with E-state index in [2.05, 4.69) is 5.32 Å². The monoisotopic (exact) mass is 569 g/mol. The largest absolute Gasteiger partial charge is 0.354 e. The number of para-hydroxylation sites is 1. The molecule has 208 valence electrons. The molecule has 0 saturated heterocycles. The highest BCUT2D eigenvalue weighted by Crippen LogP contribution is 2.24. The van der Waals surface area contributed by atoms with Crippen LogP contribution in [0.15, 0.2) is 78.9 Å². The van der Waals surface area contributed by atoms with Crippen molar-refractivity contribution in [1.82, 2.24) is 10.2 Å². The fraction of sp³-hybridized carbons (Fsp3) is 0.333. The molecule has 0 aliphatic rings. The van der Waals surface area contributed by atoms with Crippen molar-refractivity contribution in [3.63, 3.8) is 0 Å². The molecule has 0 aromatic heterocycles. The number of benzene rings is 3. The van der Waals surface area contributed by atoms with Crippen LogP contribution in [0.4, 0.5) is 5.69 Å². The van der Waals surface area contributed by atoms with Gasteiger partial charge in [-0.15, -0.1) is 0 Å². The van der Waals surface area contributed by atoms with Gasteiger partial charge in [0.15, 0.2) is 0 Å². The number of rotatable bonds is 13. The van der Waals surface area contributed by atoms with Gasteiger partial charge in [0, 0.05) is 24.5 Å². The van der Waals surface area contributed by atoms with Gasteiger partial charge in [-0.3, -0.25) is 13.9 Å². The van der Waals surface area contributed by atoms with Crippen LogP contribution in [0.5, 0.6) is 0 Å². The molecule has 0 unspecified atom stereocenters. The molecule has 0 radical (unpaired) electrons. The zero-order chi connectivity index (χ0) is 28.4. The van der Waals surface area contributed by atoms with E-state index < -0.39 is 28.5 Å². The molecular weight excluding hydrogens is 534 g/mol. The number of unbranched alkanes of at least 4 members (excludes halogenated alkanes) is 1. The maximum absolute atomic E-state index is 14.1. The van der Waals surface area contributed by atoms with E-state index in [1.165, 1.54) is 4.90 Å². The highest BCUT2D eigenvalue weighted by Gasteiger charge is 2.33. The molecule has 0 saturated carbocycles. The minimum absolute atomic E-state index is 0.0442. The molecule has 3 aromatic carbocycles. The highest BCUT2D eigenvalue weighted by atomic mass is 35.5. The predicted molar refractivity (Wildman–Crippen MR) is 157 cm³/mol. The molecule has 0 heterocycles. The van der Waals surface area contributed by atoms with Gasteiger partial charge in [0.05, 0.1) is 11.9 Å². The zero-order valence-corrected chi connectivity index (χ0v) is 24.2. The number of nitrogens with one attached hydrogen (secondary N) is 1. The lowest BCUT2D eigenvalue weighted by Crippen LogP contribution is -2.53. The second kappa shape index (κ2) is 14.1. The first-order valence-electron chi connectivity index (χ1n) is 13.0. The molecule has 3 rings (SSSR count). The van der Waals surface area contributed by atoms with Crippen LogP contribution in [0.3, 0.4) is 0 Å². The molecule has 0 aliphatic heterocycles. The summed E-state index contributed by atoms with van der Waals surface area (Å²) in [5, 5.41) is 3.42. The Morgan fingerprint density at radius 3 is 2.23 bits per heavy atom. The number of halogens is 1. The lowest BCUT2D eigenvalue weighted by Gasteiger charge is -2.34. The molecule has 39 heavy (non-hydrogen) atoms. The minimum atomic E-state index is -3.81. The van der Waals surface area contributed by atoms with Crippen LogP contribution in [-0.2, 0) is 32.6 Å². The molecule has 0 bridgehead atoms. The summed E-state index contributed by atoms with van der Waals surface area (Å²) in [7, 11) is -3.81. The van der Waals surface area contributed by atoms with Crippen LogP contribution < -0.4 is 9.62 Å². The lowest BCUT2D eigenvalue weighted by atomic mass is 10.0. The molecule has 9 heteroatoms. The van der Waals surface area contributed by atoms with Crippen molar-refractivity contribution in [3.05, 3.63) is 101 Å². The number of anilines is 1. The summed E-state index contributed by atoms with van der Waals surface area (Å²) in [6.07, 6.45) is 3.05. The van der Waals surface area contributed by atoms with Crippen molar-refractivity contribution >= 4 is 39.1 Å². The van der Waals surface area contributed by atoms with Crippen LogP contribution in [-0.4, -0.2) is 50.5 Å². The topological polar surface area (TPSA) is 86.8 Å². The summed E-state index contributed by atoms with van der Waals surface area (Å²) in [5.74, 6) is -0.801. The van der Waals surface area contributed by atoms with E-state index in [1.54, 1.807) is 49.4 Å². The van der Waals surface area contributed by atoms with Gasteiger partial charge >= 0.3 is 0 Å². The van der Waals surface area contributed by atoms with Crippen molar-refractivity contribution in [2.75, 3.05) is 23.7 Å². The Hall–Kier alpha value is -3.36. The second-order valence-corrected chi connectivity index (χ2v) is 11.8. The molecule has 3 aromatic rings. The molecule has 1 N–H and O–H groups in total. The Balaban J connectivity index is 2.05. The van der Waals surface area contributed by atoms with Crippen LogP contribution in [0.2, 0.25) is 5.02 Å². The molecule has 2 amide bonds. The third kappa shape index (κ3) is 8.57. The van der Waals surface area contributed by atoms with Crippen LogP contribution in [0.1, 0.15) is 36.5 Å². The van der Waals surface area contributed by atoms with E-state index in [0.717, 1.165) is 29.0 Å². The van der Waals surface area contributed by atoms with Gasteiger partial charge in [-0.25, -0.2) is 8.42 Å². The summed E-state index contributed by atoms with van der Waals surface area (Å²) in [5.41, 5.74) is 2.67. The Labute approximate surface area is 236 Å². The normalized spacial score (nSPS) is 12.0. The van der Waals surface area contributed by atoms with Crippen LogP contribution in [0, 0.1) is 6.92 Å². The Kier molecular flexibility index (Phi) is 10.9. The van der Waals surface area contributed by atoms with Gasteiger partial charge in [0.2, 0.25) is 21.8 Å². The van der Waals surface area contributed by atoms with Crippen molar-refractivity contribution in [1.29, 1.82) is 0 Å². The van der Waals surface area contributed by atoms with Crippen molar-refractivity contribution in [3.8, 4) is 0 Å². The Bertz CT molecular complexity index is 1370. The van der Waals surface area contributed by atoms with Gasteiger partial charge in [-0.1, -0.05) is 91.7 Å². The van der Waals surface area contributed by atoms with Crippen LogP contribution in [0.25, 0.3) is 0 Å². The highest BCUT2D eigenvalue weighted by molar-refractivity contribution is 7.92. The van der Waals surface area contributed by atoms with E-state index in [0.29, 0.717) is 28.4 Å². The molecule has 0 spiro atoms. The number of hydrogen-bond donors (Lipinski definition) is 1. The quantitative estimate of drug-likeness (QED) is 0.294. The second-order valence-electron chi connectivity index (χ2n) is 9.52. The average Bonchev–Trinajstić information content (AvgIpc) is 2.90. The standard InChI is InChI=1S/C30H36ClN3O4S/c1-4-5-19-32-30(36)28(20-24-14-7-6-8-15-24)33(21-25-16-10-11-17-26(25)31)29(35)22-34(39(3,37)38)27-18-12-9-13-23(27)2/h6-18,28H,4-5,19-22H2,1-3H3,(H,32,36)/t28-/m1/s1. The number of nitrogens with zero attached hydrogens (tertiary/aromatic N) is 2. The third-order valence-corrected chi connectivity index (χ3v) is 7.96. The van der Waals surface area contributed by atoms with Crippen molar-refractivity contribution < 1.29 is 18.0 Å². The van der Waals surface area contributed by atoms with Gasteiger partial charge in [0.1, 0.15) is 12.6 Å². The van der Waals surface area contributed by atoms with Gasteiger partial charge in [-0.05, 0) is 42.2 Å². The molecule has 7 nitrogen and oxygen atoms in total. The smallest absolute Gasteiger partial charge is 0.244 e. The number of aryl methyl sites for hydroxylation is 1. The molecule has 0 fully saturated rings. The number of carbonyl (C=O) groups is 2. The SMILES string of the molecule is CCCCNC(=O)[C@@H](Cc1ccccc1)N(Cc1ccccc1Cl)C(=O)CN(c1ccccc1C)S(C)(=O)=O. The Morgan fingerprint density at radius 2 is 1.59 bits per heavy atom. The predicted octanol–water partition coefficient (Wildman–Crippen LogP) is 4.97. The number of amides is 2. The summed E-state index contributed by atoms with van der Waals surface area (Å²) in [6.45, 7) is 3.89. The van der Waals surface area contributed by atoms with Crippen molar-refractivity contribution in [2.45, 2.75) is 45.7 Å². The summed E-state index contributed by atoms with van der Waals surface area (Å²) >= 11 is 6.47. The fourth-order valence-corrected chi connectivity index (χ4v) is 5.41. The van der Waals surface area contributed by atoms with E-state index in [1.807, 2.05) is 43.3 Å². The van der Waals surface area contributed by atoms with E-state index in [4.69, 9.17) is 11.6 Å². The Morgan fingerprint density at radius 1 is 0.949 bits per heavy atom. The number of hydrogen-bond acceptors (Lipinski definition) is 4. The third-order valence-electron chi connectivity index (χ3n) is 6.46. The summed E-state index contributed by atoms with van der Waals surface area (Å²) in [4.78, 5) is 29.1. The first-order valence-corrected chi connectivity index (χ1v) is 15.2. The van der Waals surface area contributed by atoms with Gasteiger partial charge in [0.25, 0.3) is 0 Å². The molecule has 1 atom stereocenters. The maximum Gasteiger partial charge on any atom is 0.244 e. The fourth-order valence-electron chi connectivity index (χ4n) is 4.31. The van der Waals surface area contributed by atoms with Gasteiger partial charge < -0.3 is 10.2 Å². The molecule has 0 aliphatic carbocycles. The van der Waals surface area contributed by atoms with Gasteiger partial charge in [-0.2, -0.15) is 0 Å². The van der Waals surface area contributed by atoms with Crippen LogP contribution >= 0.6 is 11.6 Å². The summed E-state index contributed by atoms with van der Waals surface area (Å²) in [6, 6.07) is 22.7. The minimum Gasteiger partial charge on any atom is -0.354 e. The lowest BCUT2D eigenvalue weighted by molar-refractivity contribution is -0.140. The molecular formula is C30H36ClN3O4S. The van der Waals surface area contributed by atoms with E-state index in [9.17, 15) is 18.0 Å². The first-order chi connectivity index (χ1) is 18.6. The average molecular weight is 570 g/mol. The number of sulfonamides is 1. The van der Waals surface area contributed by atoms with E-state index in [-0.39, 0.29) is 18.9 Å². The van der Waals surface area contributed by atoms with Crippen molar-refractivity contribution in [2.24, 2.45) is 0 Å². The number of carbonyl (C=O) groups excluding carboxylic acids is 2. The zero-order valence-electron chi connectivity index (χ0n) is 22.6. The summed E-state index contributed by atoms with van der Waals surface area (Å²) < 4.78 is 26.9. The maximum atomic E-state index is 14.1. The van der Waals surface area contributed by atoms with E-state index >= 15 is 0 Å². The first kappa shape index (κ1) is 30.2.